The minimum atomic E-state index is 0.0741. The van der Waals surface area contributed by atoms with Gasteiger partial charge in [0.1, 0.15) is 0 Å². The normalized spacial score (nSPS) is 11.1. The summed E-state index contributed by atoms with van der Waals surface area (Å²) in [4.78, 5) is 17.8. The second kappa shape index (κ2) is 6.25. The molecule has 0 radical (unpaired) electrons. The quantitative estimate of drug-likeness (QED) is 0.853. The lowest BCUT2D eigenvalue weighted by molar-refractivity contribution is -0.128. The van der Waals surface area contributed by atoms with E-state index in [0.717, 1.165) is 17.5 Å². The minimum absolute atomic E-state index is 0.0741. The zero-order valence-corrected chi connectivity index (χ0v) is 13.6. The smallest absolute Gasteiger partial charge is 0.219 e. The Morgan fingerprint density at radius 3 is 2.62 bits per heavy atom. The van der Waals surface area contributed by atoms with Crippen LogP contribution in [0.2, 0.25) is 0 Å². The topological polar surface area (TPSA) is 33.2 Å². The zero-order valence-electron chi connectivity index (χ0n) is 13.6. The zero-order chi connectivity index (χ0) is 15.6. The summed E-state index contributed by atoms with van der Waals surface area (Å²) in [5.41, 5.74) is 4.77. The van der Waals surface area contributed by atoms with E-state index in [0.29, 0.717) is 12.5 Å². The van der Waals surface area contributed by atoms with Gasteiger partial charge in [-0.2, -0.15) is 0 Å². The van der Waals surface area contributed by atoms with E-state index in [1.165, 1.54) is 16.5 Å². The van der Waals surface area contributed by atoms with Gasteiger partial charge in [0.05, 0.1) is 5.52 Å². The van der Waals surface area contributed by atoms with Crippen LogP contribution in [-0.4, -0.2) is 22.8 Å². The summed E-state index contributed by atoms with van der Waals surface area (Å²) >= 11 is 0. The molecule has 2 aromatic rings. The van der Waals surface area contributed by atoms with Crippen molar-refractivity contribution >= 4 is 16.8 Å². The largest absolute Gasteiger partial charge is 0.342 e. The van der Waals surface area contributed by atoms with E-state index in [9.17, 15) is 4.79 Å². The Bertz CT molecular complexity index is 662. The molecule has 0 spiro atoms. The number of carbonyl (C=O) groups is 1. The van der Waals surface area contributed by atoms with E-state index in [2.05, 4.69) is 44.0 Å². The summed E-state index contributed by atoms with van der Waals surface area (Å²) < 4.78 is 0. The molecular weight excluding hydrogens is 260 g/mol. The predicted octanol–water partition coefficient (Wildman–Crippen LogP) is 3.90. The summed E-state index contributed by atoms with van der Waals surface area (Å²) in [6.45, 7) is 8.77. The maximum Gasteiger partial charge on any atom is 0.219 e. The van der Waals surface area contributed by atoms with Crippen LogP contribution in [0.3, 0.4) is 0 Å². The molecule has 2 rings (SSSR count). The maximum atomic E-state index is 11.5. The lowest BCUT2D eigenvalue weighted by atomic mass is 9.94. The number of nitrogens with zero attached hydrogens (tertiary/aromatic N) is 2. The van der Waals surface area contributed by atoms with Crippen LogP contribution in [0.5, 0.6) is 0 Å². The molecule has 1 aromatic carbocycles. The highest BCUT2D eigenvalue weighted by Gasteiger charge is 2.13. The van der Waals surface area contributed by atoms with Gasteiger partial charge >= 0.3 is 0 Å². The van der Waals surface area contributed by atoms with Crippen LogP contribution in [0, 0.1) is 0 Å². The summed E-state index contributed by atoms with van der Waals surface area (Å²) in [6, 6.07) is 6.53. The Balaban J connectivity index is 2.63. The SMILES string of the molecule is CCc1cc(CN(C)C(C)=O)c2nccc(C(C)C)c2c1. The van der Waals surface area contributed by atoms with Crippen molar-refractivity contribution in [3.8, 4) is 0 Å². The predicted molar refractivity (Wildman–Crippen MR) is 87.4 cm³/mol. The van der Waals surface area contributed by atoms with Crippen molar-refractivity contribution in [2.75, 3.05) is 7.05 Å². The van der Waals surface area contributed by atoms with Crippen LogP contribution >= 0.6 is 0 Å². The molecule has 0 N–H and O–H groups in total. The molecule has 0 bridgehead atoms. The van der Waals surface area contributed by atoms with E-state index < -0.39 is 0 Å². The molecule has 0 fully saturated rings. The molecule has 0 aliphatic heterocycles. The third kappa shape index (κ3) is 3.23. The number of hydrogen-bond acceptors (Lipinski definition) is 2. The summed E-state index contributed by atoms with van der Waals surface area (Å²) in [7, 11) is 1.83. The molecule has 0 atom stereocenters. The van der Waals surface area contributed by atoms with Gasteiger partial charge in [0.15, 0.2) is 0 Å². The number of fused-ring (bicyclic) bond motifs is 1. The number of hydrogen-bond donors (Lipinski definition) is 0. The van der Waals surface area contributed by atoms with E-state index in [1.807, 2.05) is 13.2 Å². The van der Waals surface area contributed by atoms with E-state index in [-0.39, 0.29) is 5.91 Å². The molecule has 0 unspecified atom stereocenters. The Morgan fingerprint density at radius 1 is 1.33 bits per heavy atom. The van der Waals surface area contributed by atoms with Gasteiger partial charge in [-0.15, -0.1) is 0 Å². The van der Waals surface area contributed by atoms with Crippen molar-refractivity contribution in [2.24, 2.45) is 0 Å². The number of rotatable bonds is 4. The van der Waals surface area contributed by atoms with Gasteiger partial charge < -0.3 is 4.90 Å². The lowest BCUT2D eigenvalue weighted by Crippen LogP contribution is -2.23. The summed E-state index contributed by atoms with van der Waals surface area (Å²) in [6.07, 6.45) is 2.86. The van der Waals surface area contributed by atoms with Crippen molar-refractivity contribution in [3.05, 3.63) is 41.1 Å². The van der Waals surface area contributed by atoms with Crippen LogP contribution in [0.25, 0.3) is 10.9 Å². The van der Waals surface area contributed by atoms with Crippen LogP contribution in [0.1, 0.15) is 50.3 Å². The van der Waals surface area contributed by atoms with Crippen molar-refractivity contribution in [1.29, 1.82) is 0 Å². The van der Waals surface area contributed by atoms with Gasteiger partial charge in [-0.05, 0) is 41.2 Å². The van der Waals surface area contributed by atoms with Crippen molar-refractivity contribution in [1.82, 2.24) is 9.88 Å². The first-order chi connectivity index (χ1) is 9.93. The van der Waals surface area contributed by atoms with Crippen LogP contribution in [-0.2, 0) is 17.8 Å². The number of pyridine rings is 1. The Labute approximate surface area is 127 Å². The fourth-order valence-electron chi connectivity index (χ4n) is 2.61. The Morgan fingerprint density at radius 2 is 2.05 bits per heavy atom. The molecule has 1 aromatic heterocycles. The third-order valence-corrected chi connectivity index (χ3v) is 3.99. The number of aryl methyl sites for hydroxylation is 1. The molecule has 0 aliphatic carbocycles. The van der Waals surface area contributed by atoms with Gasteiger partial charge in [0, 0.05) is 32.1 Å². The molecule has 0 saturated carbocycles. The van der Waals surface area contributed by atoms with Gasteiger partial charge in [-0.25, -0.2) is 0 Å². The monoisotopic (exact) mass is 284 g/mol. The number of carbonyl (C=O) groups excluding carboxylic acids is 1. The van der Waals surface area contributed by atoms with Gasteiger partial charge in [-0.3, -0.25) is 9.78 Å². The summed E-state index contributed by atoms with van der Waals surface area (Å²) in [5, 5.41) is 1.22. The first kappa shape index (κ1) is 15.5. The second-order valence-electron chi connectivity index (χ2n) is 5.93. The highest BCUT2D eigenvalue weighted by molar-refractivity contribution is 5.86. The first-order valence-electron chi connectivity index (χ1n) is 7.56. The van der Waals surface area contributed by atoms with Crippen LogP contribution in [0.4, 0.5) is 0 Å². The van der Waals surface area contributed by atoms with E-state index in [4.69, 9.17) is 0 Å². The van der Waals surface area contributed by atoms with Gasteiger partial charge in [-0.1, -0.05) is 26.8 Å². The lowest BCUT2D eigenvalue weighted by Gasteiger charge is -2.18. The van der Waals surface area contributed by atoms with Crippen molar-refractivity contribution in [3.63, 3.8) is 0 Å². The second-order valence-corrected chi connectivity index (χ2v) is 5.93. The number of benzene rings is 1. The highest BCUT2D eigenvalue weighted by atomic mass is 16.2. The molecule has 0 aliphatic rings. The Kier molecular flexibility index (Phi) is 4.61. The highest BCUT2D eigenvalue weighted by Crippen LogP contribution is 2.28. The van der Waals surface area contributed by atoms with Gasteiger partial charge in [0.25, 0.3) is 0 Å². The molecular formula is C18H24N2O. The Hall–Kier alpha value is -1.90. The number of aromatic nitrogens is 1. The molecule has 21 heavy (non-hydrogen) atoms. The maximum absolute atomic E-state index is 11.5. The van der Waals surface area contributed by atoms with Crippen molar-refractivity contribution < 1.29 is 4.79 Å². The van der Waals surface area contributed by atoms with Crippen LogP contribution in [0.15, 0.2) is 24.4 Å². The minimum Gasteiger partial charge on any atom is -0.342 e. The molecule has 1 amide bonds. The average Bonchev–Trinajstić information content (AvgIpc) is 2.45. The number of amides is 1. The molecule has 1 heterocycles. The fourth-order valence-corrected chi connectivity index (χ4v) is 2.61. The van der Waals surface area contributed by atoms with Crippen LogP contribution < -0.4 is 0 Å². The summed E-state index contributed by atoms with van der Waals surface area (Å²) in [5.74, 6) is 0.533. The third-order valence-electron chi connectivity index (χ3n) is 3.99. The first-order valence-corrected chi connectivity index (χ1v) is 7.56. The van der Waals surface area contributed by atoms with E-state index in [1.54, 1.807) is 11.8 Å². The standard InChI is InChI=1S/C18H24N2O/c1-6-14-9-15(11-20(5)13(4)21)18-17(10-14)16(12(2)3)7-8-19-18/h7-10,12H,6,11H2,1-5H3. The van der Waals surface area contributed by atoms with E-state index >= 15 is 0 Å². The molecule has 112 valence electrons. The average molecular weight is 284 g/mol. The fraction of sp³-hybridized carbons (Fsp3) is 0.444. The molecule has 3 nitrogen and oxygen atoms in total. The molecule has 3 heteroatoms. The van der Waals surface area contributed by atoms with Gasteiger partial charge in [0.2, 0.25) is 5.91 Å². The molecule has 0 saturated heterocycles. The van der Waals surface area contributed by atoms with Crippen molar-refractivity contribution in [2.45, 2.75) is 46.6 Å².